The lowest BCUT2D eigenvalue weighted by molar-refractivity contribution is -0.126. The number of halogens is 1. The van der Waals surface area contributed by atoms with Gasteiger partial charge in [0.05, 0.1) is 12.6 Å². The molecule has 130 valence electrons. The van der Waals surface area contributed by atoms with Crippen LogP contribution in [0.4, 0.5) is 5.69 Å². The Labute approximate surface area is 145 Å². The molecule has 6 heteroatoms. The number of hydrogen-bond acceptors (Lipinski definition) is 3. The number of anilines is 1. The minimum atomic E-state index is -0.595. The number of likely N-dealkylation sites (N-methyl/N-ethyl adjacent to an activating group) is 1. The van der Waals surface area contributed by atoms with Crippen LogP contribution in [0.1, 0.15) is 39.2 Å². The molecule has 0 saturated heterocycles. The van der Waals surface area contributed by atoms with E-state index in [2.05, 4.69) is 19.2 Å². The second-order valence-electron chi connectivity index (χ2n) is 6.19. The molecule has 0 aliphatic rings. The summed E-state index contributed by atoms with van der Waals surface area (Å²) in [6, 6.07) is 7.25. The fraction of sp³-hybridized carbons (Fsp3) is 0.529. The van der Waals surface area contributed by atoms with Gasteiger partial charge in [-0.2, -0.15) is 0 Å². The van der Waals surface area contributed by atoms with E-state index in [-0.39, 0.29) is 36.7 Å². The standard InChI is InChI=1S/C17H27N3O2.ClH/c1-11(2)13-7-6-8-14(9-13)20(5)15(21)10-19-17(22)16(18)12(3)4;/h6-9,11-12,16H,10,18H2,1-5H3,(H,19,22);1H/t16-;/m0./s1. The molecule has 2 amide bonds. The molecular formula is C17H28ClN3O2. The van der Waals surface area contributed by atoms with E-state index in [0.717, 1.165) is 5.69 Å². The Balaban J connectivity index is 0.00000484. The zero-order chi connectivity index (χ0) is 16.9. The first-order valence-corrected chi connectivity index (χ1v) is 7.63. The predicted molar refractivity (Wildman–Crippen MR) is 97.0 cm³/mol. The van der Waals surface area contributed by atoms with Crippen LogP contribution in [0.3, 0.4) is 0 Å². The van der Waals surface area contributed by atoms with E-state index in [0.29, 0.717) is 5.92 Å². The van der Waals surface area contributed by atoms with Gasteiger partial charge in [0.1, 0.15) is 0 Å². The Morgan fingerprint density at radius 1 is 1.22 bits per heavy atom. The van der Waals surface area contributed by atoms with Crippen LogP contribution < -0.4 is 16.0 Å². The van der Waals surface area contributed by atoms with Crippen molar-refractivity contribution in [2.24, 2.45) is 11.7 Å². The minimum Gasteiger partial charge on any atom is -0.346 e. The molecule has 1 aromatic carbocycles. The lowest BCUT2D eigenvalue weighted by Gasteiger charge is -2.20. The van der Waals surface area contributed by atoms with Crippen LogP contribution in [0.25, 0.3) is 0 Å². The Morgan fingerprint density at radius 2 is 1.83 bits per heavy atom. The smallest absolute Gasteiger partial charge is 0.246 e. The van der Waals surface area contributed by atoms with Gasteiger partial charge in [-0.15, -0.1) is 12.4 Å². The molecule has 0 unspecified atom stereocenters. The molecule has 0 bridgehead atoms. The predicted octanol–water partition coefficient (Wildman–Crippen LogP) is 2.29. The summed E-state index contributed by atoms with van der Waals surface area (Å²) >= 11 is 0. The molecule has 0 saturated carbocycles. The minimum absolute atomic E-state index is 0. The second kappa shape index (κ2) is 9.53. The average molecular weight is 342 g/mol. The zero-order valence-corrected chi connectivity index (χ0v) is 15.3. The maximum atomic E-state index is 12.2. The highest BCUT2D eigenvalue weighted by molar-refractivity contribution is 5.96. The van der Waals surface area contributed by atoms with Gasteiger partial charge in [-0.05, 0) is 29.5 Å². The average Bonchev–Trinajstić information content (AvgIpc) is 2.50. The Hall–Kier alpha value is -1.59. The summed E-state index contributed by atoms with van der Waals surface area (Å²) in [5.74, 6) is -0.0411. The highest BCUT2D eigenvalue weighted by atomic mass is 35.5. The van der Waals surface area contributed by atoms with Crippen molar-refractivity contribution < 1.29 is 9.59 Å². The van der Waals surface area contributed by atoms with Gasteiger partial charge in [0.2, 0.25) is 11.8 Å². The van der Waals surface area contributed by atoms with Gasteiger partial charge >= 0.3 is 0 Å². The summed E-state index contributed by atoms with van der Waals surface area (Å²) in [4.78, 5) is 25.5. The van der Waals surface area contributed by atoms with Crippen molar-refractivity contribution in [2.75, 3.05) is 18.5 Å². The molecule has 0 aliphatic carbocycles. The van der Waals surface area contributed by atoms with Crippen LogP contribution in [0.15, 0.2) is 24.3 Å². The lowest BCUT2D eigenvalue weighted by Crippen LogP contribution is -2.47. The molecule has 5 nitrogen and oxygen atoms in total. The molecule has 0 aliphatic heterocycles. The van der Waals surface area contributed by atoms with Crippen molar-refractivity contribution in [3.8, 4) is 0 Å². The Morgan fingerprint density at radius 3 is 2.35 bits per heavy atom. The lowest BCUT2D eigenvalue weighted by atomic mass is 10.0. The van der Waals surface area contributed by atoms with Gasteiger partial charge < -0.3 is 16.0 Å². The molecular weight excluding hydrogens is 314 g/mol. The van der Waals surface area contributed by atoms with E-state index in [1.165, 1.54) is 5.56 Å². The Kier molecular flexibility index (Phi) is 8.87. The number of carbonyl (C=O) groups excluding carboxylic acids is 2. The van der Waals surface area contributed by atoms with E-state index in [1.54, 1.807) is 11.9 Å². The number of carbonyl (C=O) groups is 2. The monoisotopic (exact) mass is 341 g/mol. The number of nitrogens with zero attached hydrogens (tertiary/aromatic N) is 1. The first-order valence-electron chi connectivity index (χ1n) is 7.63. The van der Waals surface area contributed by atoms with Gasteiger partial charge in [-0.1, -0.05) is 39.8 Å². The Bertz CT molecular complexity index is 532. The first-order chi connectivity index (χ1) is 10.2. The summed E-state index contributed by atoms with van der Waals surface area (Å²) in [6.07, 6.45) is 0. The summed E-state index contributed by atoms with van der Waals surface area (Å²) in [5, 5.41) is 2.60. The highest BCUT2D eigenvalue weighted by Crippen LogP contribution is 2.20. The second-order valence-corrected chi connectivity index (χ2v) is 6.19. The third-order valence-corrected chi connectivity index (χ3v) is 3.73. The largest absolute Gasteiger partial charge is 0.346 e. The zero-order valence-electron chi connectivity index (χ0n) is 14.5. The van der Waals surface area contributed by atoms with Crippen LogP contribution in [0.5, 0.6) is 0 Å². The SMILES string of the molecule is CC(C)c1cccc(N(C)C(=O)CNC(=O)[C@@H](N)C(C)C)c1.Cl. The number of rotatable bonds is 6. The fourth-order valence-corrected chi connectivity index (χ4v) is 1.94. The molecule has 1 aromatic rings. The fourth-order valence-electron chi connectivity index (χ4n) is 1.94. The number of nitrogens with two attached hydrogens (primary N) is 1. The van der Waals surface area contributed by atoms with Gasteiger partial charge in [-0.25, -0.2) is 0 Å². The van der Waals surface area contributed by atoms with E-state index in [1.807, 2.05) is 38.1 Å². The number of hydrogen-bond donors (Lipinski definition) is 2. The summed E-state index contributed by atoms with van der Waals surface area (Å²) < 4.78 is 0. The highest BCUT2D eigenvalue weighted by Gasteiger charge is 2.19. The molecule has 0 radical (unpaired) electrons. The summed E-state index contributed by atoms with van der Waals surface area (Å²) in [7, 11) is 1.70. The molecule has 1 atom stereocenters. The summed E-state index contributed by atoms with van der Waals surface area (Å²) in [5.41, 5.74) is 7.74. The van der Waals surface area contributed by atoms with Gasteiger partial charge in [-0.3, -0.25) is 9.59 Å². The molecule has 1 rings (SSSR count). The van der Waals surface area contributed by atoms with E-state index >= 15 is 0 Å². The summed E-state index contributed by atoms with van der Waals surface area (Å²) in [6.45, 7) is 7.90. The topological polar surface area (TPSA) is 75.4 Å². The van der Waals surface area contributed by atoms with E-state index in [4.69, 9.17) is 5.73 Å². The van der Waals surface area contributed by atoms with Gasteiger partial charge in [0.25, 0.3) is 0 Å². The van der Waals surface area contributed by atoms with Crippen LogP contribution in [-0.4, -0.2) is 31.4 Å². The van der Waals surface area contributed by atoms with Crippen LogP contribution in [-0.2, 0) is 9.59 Å². The number of nitrogens with one attached hydrogen (secondary N) is 1. The third-order valence-electron chi connectivity index (χ3n) is 3.73. The van der Waals surface area contributed by atoms with Crippen molar-refractivity contribution in [1.29, 1.82) is 0 Å². The number of amides is 2. The van der Waals surface area contributed by atoms with Crippen molar-refractivity contribution in [1.82, 2.24) is 5.32 Å². The van der Waals surface area contributed by atoms with Crippen LogP contribution in [0, 0.1) is 5.92 Å². The molecule has 0 fully saturated rings. The molecule has 23 heavy (non-hydrogen) atoms. The quantitative estimate of drug-likeness (QED) is 0.833. The maximum absolute atomic E-state index is 12.2. The van der Waals surface area contributed by atoms with Gasteiger partial charge in [0, 0.05) is 12.7 Å². The van der Waals surface area contributed by atoms with Crippen LogP contribution in [0.2, 0.25) is 0 Å². The molecule has 3 N–H and O–H groups in total. The third kappa shape index (κ3) is 6.20. The maximum Gasteiger partial charge on any atom is 0.246 e. The van der Waals surface area contributed by atoms with Crippen LogP contribution >= 0.6 is 12.4 Å². The van der Waals surface area contributed by atoms with Gasteiger partial charge in [0.15, 0.2) is 0 Å². The van der Waals surface area contributed by atoms with Crippen molar-refractivity contribution >= 4 is 29.9 Å². The van der Waals surface area contributed by atoms with Crippen molar-refractivity contribution in [3.63, 3.8) is 0 Å². The molecule has 0 spiro atoms. The van der Waals surface area contributed by atoms with Crippen molar-refractivity contribution in [2.45, 2.75) is 39.7 Å². The van der Waals surface area contributed by atoms with E-state index < -0.39 is 6.04 Å². The van der Waals surface area contributed by atoms with E-state index in [9.17, 15) is 9.59 Å². The molecule has 0 heterocycles. The number of benzene rings is 1. The molecule has 0 aromatic heterocycles. The first kappa shape index (κ1) is 21.4. The normalized spacial score (nSPS) is 11.8. The van der Waals surface area contributed by atoms with Crippen molar-refractivity contribution in [3.05, 3.63) is 29.8 Å².